The van der Waals surface area contributed by atoms with Crippen molar-refractivity contribution in [2.24, 2.45) is 5.92 Å². The van der Waals surface area contributed by atoms with Crippen LogP contribution in [0.5, 0.6) is 0 Å². The van der Waals surface area contributed by atoms with Gasteiger partial charge in [0.15, 0.2) is 0 Å². The lowest BCUT2D eigenvalue weighted by molar-refractivity contribution is 0.0294. The molecular formula is C19H29N3. The average Bonchev–Trinajstić information content (AvgIpc) is 3.31. The van der Waals surface area contributed by atoms with Crippen LogP contribution in [-0.2, 0) is 0 Å². The molecule has 22 heavy (non-hydrogen) atoms. The lowest BCUT2D eigenvalue weighted by Gasteiger charge is -2.46. The fraction of sp³-hybridized carbons (Fsp3) is 0.684. The molecule has 120 valence electrons. The first-order chi connectivity index (χ1) is 10.8. The smallest absolute Gasteiger partial charge is 0.0350 e. The van der Waals surface area contributed by atoms with Gasteiger partial charge in [-0.2, -0.15) is 0 Å². The third kappa shape index (κ3) is 3.22. The fourth-order valence-electron chi connectivity index (χ4n) is 4.23. The molecule has 0 bridgehead atoms. The van der Waals surface area contributed by atoms with Crippen LogP contribution in [0.2, 0.25) is 0 Å². The Bertz CT molecular complexity index is 475. The summed E-state index contributed by atoms with van der Waals surface area (Å²) in [6.45, 7) is 6.43. The molecule has 2 aliphatic heterocycles. The fourth-order valence-corrected chi connectivity index (χ4v) is 4.23. The van der Waals surface area contributed by atoms with Crippen LogP contribution in [0, 0.1) is 5.92 Å². The van der Waals surface area contributed by atoms with Crippen molar-refractivity contribution in [1.29, 1.82) is 0 Å². The molecule has 2 saturated heterocycles. The Morgan fingerprint density at radius 1 is 1.09 bits per heavy atom. The van der Waals surface area contributed by atoms with E-state index in [1.54, 1.807) is 0 Å². The van der Waals surface area contributed by atoms with E-state index in [1.807, 2.05) is 0 Å². The predicted molar refractivity (Wildman–Crippen MR) is 91.2 cm³/mol. The van der Waals surface area contributed by atoms with E-state index in [1.165, 1.54) is 57.5 Å². The van der Waals surface area contributed by atoms with Gasteiger partial charge in [0.1, 0.15) is 0 Å². The highest BCUT2D eigenvalue weighted by Crippen LogP contribution is 2.40. The largest absolute Gasteiger partial charge is 0.313 e. The highest BCUT2D eigenvalue weighted by atomic mass is 15.3. The first-order valence-corrected chi connectivity index (χ1v) is 9.00. The number of likely N-dealkylation sites (N-methyl/N-ethyl adjacent to an activating group) is 1. The van der Waals surface area contributed by atoms with Crippen molar-refractivity contribution in [1.82, 2.24) is 15.1 Å². The number of benzene rings is 1. The summed E-state index contributed by atoms with van der Waals surface area (Å²) < 4.78 is 0. The highest BCUT2D eigenvalue weighted by molar-refractivity contribution is 5.27. The maximum Gasteiger partial charge on any atom is 0.0350 e. The Morgan fingerprint density at radius 3 is 2.50 bits per heavy atom. The molecular weight excluding hydrogens is 270 g/mol. The summed E-state index contributed by atoms with van der Waals surface area (Å²) >= 11 is 0. The molecule has 0 spiro atoms. The summed E-state index contributed by atoms with van der Waals surface area (Å²) in [6.07, 6.45) is 4.10. The van der Waals surface area contributed by atoms with Gasteiger partial charge in [-0.3, -0.25) is 4.90 Å². The van der Waals surface area contributed by atoms with Gasteiger partial charge in [0.25, 0.3) is 0 Å². The third-order valence-corrected chi connectivity index (χ3v) is 5.90. The molecule has 3 fully saturated rings. The molecule has 1 aromatic rings. The molecule has 2 atom stereocenters. The standard InChI is InChI=1S/C19H29N3/c1-21-13-17(14-21)22-9-7-15(8-10-22)12-20-19-11-18(19)16-5-3-2-4-6-16/h2-6,15,17-20H,7-14H2,1H3/t18-,19+/m0/s1. The minimum absolute atomic E-state index is 0.737. The molecule has 2 heterocycles. The molecule has 1 aromatic carbocycles. The Hall–Kier alpha value is -0.900. The predicted octanol–water partition coefficient (Wildman–Crippen LogP) is 2.16. The molecule has 0 amide bonds. The number of nitrogens with zero attached hydrogens (tertiary/aromatic N) is 2. The molecule has 1 aliphatic carbocycles. The number of hydrogen-bond acceptors (Lipinski definition) is 3. The zero-order valence-electron chi connectivity index (χ0n) is 13.7. The zero-order chi connectivity index (χ0) is 14.9. The van der Waals surface area contributed by atoms with Gasteiger partial charge in [-0.25, -0.2) is 0 Å². The minimum Gasteiger partial charge on any atom is -0.313 e. The molecule has 0 unspecified atom stereocenters. The number of nitrogens with one attached hydrogen (secondary N) is 1. The maximum absolute atomic E-state index is 3.83. The first-order valence-electron chi connectivity index (χ1n) is 9.00. The molecule has 4 rings (SSSR count). The average molecular weight is 299 g/mol. The monoisotopic (exact) mass is 299 g/mol. The van der Waals surface area contributed by atoms with Crippen molar-refractivity contribution < 1.29 is 0 Å². The molecule has 0 radical (unpaired) electrons. The van der Waals surface area contributed by atoms with Crippen molar-refractivity contribution in [2.45, 2.75) is 37.3 Å². The van der Waals surface area contributed by atoms with Crippen molar-refractivity contribution in [2.75, 3.05) is 39.8 Å². The lowest BCUT2D eigenvalue weighted by Crippen LogP contribution is -2.59. The first kappa shape index (κ1) is 14.7. The van der Waals surface area contributed by atoms with E-state index in [9.17, 15) is 0 Å². The van der Waals surface area contributed by atoms with E-state index in [4.69, 9.17) is 0 Å². The summed E-state index contributed by atoms with van der Waals surface area (Å²) in [5.74, 6) is 1.66. The summed E-state index contributed by atoms with van der Waals surface area (Å²) in [7, 11) is 2.23. The number of rotatable bonds is 5. The summed E-state index contributed by atoms with van der Waals surface area (Å²) in [5, 5.41) is 3.83. The van der Waals surface area contributed by atoms with Crippen LogP contribution in [0.15, 0.2) is 30.3 Å². The van der Waals surface area contributed by atoms with Gasteiger partial charge in [-0.15, -0.1) is 0 Å². The second-order valence-corrected chi connectivity index (χ2v) is 7.62. The molecule has 0 aromatic heterocycles. The zero-order valence-corrected chi connectivity index (χ0v) is 13.7. The van der Waals surface area contributed by atoms with Crippen molar-refractivity contribution in [3.8, 4) is 0 Å². The Labute approximate surface area is 134 Å². The van der Waals surface area contributed by atoms with Crippen LogP contribution in [0.25, 0.3) is 0 Å². The lowest BCUT2D eigenvalue weighted by atomic mass is 9.94. The summed E-state index contributed by atoms with van der Waals surface area (Å²) in [6, 6.07) is 12.6. The van der Waals surface area contributed by atoms with E-state index in [-0.39, 0.29) is 0 Å². The van der Waals surface area contributed by atoms with Crippen molar-refractivity contribution in [3.05, 3.63) is 35.9 Å². The topological polar surface area (TPSA) is 18.5 Å². The van der Waals surface area contributed by atoms with Gasteiger partial charge in [0, 0.05) is 31.1 Å². The van der Waals surface area contributed by atoms with Gasteiger partial charge < -0.3 is 10.2 Å². The molecule has 3 heteroatoms. The van der Waals surface area contributed by atoms with E-state index in [0.717, 1.165) is 23.9 Å². The molecule has 3 aliphatic rings. The van der Waals surface area contributed by atoms with Crippen molar-refractivity contribution in [3.63, 3.8) is 0 Å². The van der Waals surface area contributed by atoms with E-state index in [0.29, 0.717) is 0 Å². The van der Waals surface area contributed by atoms with Crippen LogP contribution in [-0.4, -0.2) is 61.7 Å². The quantitative estimate of drug-likeness (QED) is 0.899. The van der Waals surface area contributed by atoms with Gasteiger partial charge >= 0.3 is 0 Å². The van der Waals surface area contributed by atoms with Crippen molar-refractivity contribution >= 4 is 0 Å². The second-order valence-electron chi connectivity index (χ2n) is 7.62. The van der Waals surface area contributed by atoms with Crippen LogP contribution in [0.4, 0.5) is 0 Å². The van der Waals surface area contributed by atoms with E-state index < -0.39 is 0 Å². The number of piperidine rings is 1. The Kier molecular flexibility index (Phi) is 4.21. The van der Waals surface area contributed by atoms with Gasteiger partial charge in [-0.1, -0.05) is 30.3 Å². The van der Waals surface area contributed by atoms with Crippen LogP contribution in [0.1, 0.15) is 30.7 Å². The Morgan fingerprint density at radius 2 is 1.82 bits per heavy atom. The molecule has 3 nitrogen and oxygen atoms in total. The highest BCUT2D eigenvalue weighted by Gasteiger charge is 2.38. The van der Waals surface area contributed by atoms with Gasteiger partial charge in [0.05, 0.1) is 0 Å². The normalized spacial score (nSPS) is 31.1. The molecule has 1 saturated carbocycles. The molecule has 1 N–H and O–H groups in total. The van der Waals surface area contributed by atoms with Crippen LogP contribution in [0.3, 0.4) is 0 Å². The second kappa shape index (κ2) is 6.31. The van der Waals surface area contributed by atoms with Gasteiger partial charge in [-0.05, 0) is 57.4 Å². The van der Waals surface area contributed by atoms with E-state index >= 15 is 0 Å². The summed E-state index contributed by atoms with van der Waals surface area (Å²) in [4.78, 5) is 5.15. The third-order valence-electron chi connectivity index (χ3n) is 5.90. The number of hydrogen-bond donors (Lipinski definition) is 1. The van der Waals surface area contributed by atoms with Crippen LogP contribution >= 0.6 is 0 Å². The Balaban J connectivity index is 1.16. The minimum atomic E-state index is 0.737. The van der Waals surface area contributed by atoms with Gasteiger partial charge in [0.2, 0.25) is 0 Å². The van der Waals surface area contributed by atoms with E-state index in [2.05, 4.69) is 52.5 Å². The maximum atomic E-state index is 3.83. The van der Waals surface area contributed by atoms with Crippen LogP contribution < -0.4 is 5.32 Å². The SMILES string of the molecule is CN1CC(N2CCC(CN[C@@H]3C[C@H]3c3ccccc3)CC2)C1. The summed E-state index contributed by atoms with van der Waals surface area (Å²) in [5.41, 5.74) is 1.52. The number of likely N-dealkylation sites (tertiary alicyclic amines) is 2.